The number of fused-ring (bicyclic) bond motifs is 1. The van der Waals surface area contributed by atoms with Gasteiger partial charge in [0.25, 0.3) is 0 Å². The number of methoxy groups -OCH3 is 1. The van der Waals surface area contributed by atoms with Crippen LogP contribution in [0.25, 0.3) is 10.9 Å². The van der Waals surface area contributed by atoms with Gasteiger partial charge in [-0.25, -0.2) is 18.4 Å². The lowest BCUT2D eigenvalue weighted by molar-refractivity contribution is -0.136. The van der Waals surface area contributed by atoms with Crippen molar-refractivity contribution in [1.29, 1.82) is 0 Å². The standard InChI is InChI=1S/C19H21N5O6S/c1-11-9-23(31(28,29)13-7-20-19(27)21-8-13)10-17(11)24-16-5-12(30-2)3-4-14(16)15(22-24)6-18(25)26/h3-5,7-8,11,17H,6,9-10H2,1-2H3,(H,25,26)(H,20,21,27)/t11-,17+/m1/s1. The fourth-order valence-corrected chi connectivity index (χ4v) is 5.30. The molecule has 164 valence electrons. The van der Waals surface area contributed by atoms with Gasteiger partial charge in [0, 0.05) is 24.5 Å². The van der Waals surface area contributed by atoms with Crippen LogP contribution < -0.4 is 4.74 Å². The number of aliphatic carboxylic acids is 1. The van der Waals surface area contributed by atoms with E-state index in [1.54, 1.807) is 22.9 Å². The number of hydrogen-bond acceptors (Lipinski definition) is 8. The maximum atomic E-state index is 13.0. The molecule has 0 radical (unpaired) electrons. The third-order valence-electron chi connectivity index (χ3n) is 5.42. The Bertz CT molecular complexity index is 1240. The van der Waals surface area contributed by atoms with E-state index in [0.717, 1.165) is 12.4 Å². The maximum absolute atomic E-state index is 13.0. The van der Waals surface area contributed by atoms with Gasteiger partial charge in [0.1, 0.15) is 10.6 Å². The number of rotatable bonds is 6. The highest BCUT2D eigenvalue weighted by atomic mass is 32.2. The lowest BCUT2D eigenvalue weighted by atomic mass is 10.1. The molecule has 3 aromatic rings. The molecule has 2 aromatic heterocycles. The van der Waals surface area contributed by atoms with Gasteiger partial charge in [0.05, 0.1) is 43.2 Å². The number of carboxylic acid groups (broad SMARTS) is 1. The van der Waals surface area contributed by atoms with Crippen molar-refractivity contribution < 1.29 is 28.2 Å². The third-order valence-corrected chi connectivity index (χ3v) is 7.20. The number of carboxylic acids is 1. The highest BCUT2D eigenvalue weighted by Gasteiger charge is 2.39. The van der Waals surface area contributed by atoms with Crippen molar-refractivity contribution in [3.63, 3.8) is 0 Å². The van der Waals surface area contributed by atoms with E-state index in [4.69, 9.17) is 4.74 Å². The molecule has 1 aliphatic rings. The van der Waals surface area contributed by atoms with Crippen LogP contribution in [0.1, 0.15) is 18.7 Å². The molecule has 1 fully saturated rings. The summed E-state index contributed by atoms with van der Waals surface area (Å²) in [6, 6.07) is 4.45. The van der Waals surface area contributed by atoms with Gasteiger partial charge in [-0.15, -0.1) is 0 Å². The summed E-state index contributed by atoms with van der Waals surface area (Å²) in [5.74, 6) is -0.509. The van der Waals surface area contributed by atoms with Gasteiger partial charge >= 0.3 is 12.0 Å². The number of nitrogens with zero attached hydrogens (tertiary/aromatic N) is 5. The molecule has 2 N–H and O–H groups in total. The van der Waals surface area contributed by atoms with E-state index in [0.29, 0.717) is 22.3 Å². The van der Waals surface area contributed by atoms with Gasteiger partial charge in [0.2, 0.25) is 10.0 Å². The van der Waals surface area contributed by atoms with Crippen LogP contribution in [0.2, 0.25) is 0 Å². The Morgan fingerprint density at radius 3 is 2.61 bits per heavy atom. The summed E-state index contributed by atoms with van der Waals surface area (Å²) in [6.07, 6.45) is 1.88. The summed E-state index contributed by atoms with van der Waals surface area (Å²) in [7, 11) is -2.34. The number of aromatic nitrogens is 4. The number of benzene rings is 1. The number of sulfonamides is 1. The van der Waals surface area contributed by atoms with Gasteiger partial charge in [-0.05, 0) is 18.1 Å². The van der Waals surface area contributed by atoms with Crippen molar-refractivity contribution in [2.24, 2.45) is 5.92 Å². The molecular weight excluding hydrogens is 426 g/mol. The van der Waals surface area contributed by atoms with Crippen LogP contribution in [0.5, 0.6) is 11.8 Å². The molecule has 1 aromatic carbocycles. The Morgan fingerprint density at radius 1 is 1.26 bits per heavy atom. The first-order chi connectivity index (χ1) is 14.7. The summed E-state index contributed by atoms with van der Waals surface area (Å²) < 4.78 is 34.4. The van der Waals surface area contributed by atoms with Crippen molar-refractivity contribution in [3.8, 4) is 11.8 Å². The Morgan fingerprint density at radius 2 is 1.97 bits per heavy atom. The second-order valence-corrected chi connectivity index (χ2v) is 9.37. The minimum atomic E-state index is -3.87. The molecule has 0 aliphatic carbocycles. The molecule has 1 saturated heterocycles. The smallest absolute Gasteiger partial charge is 0.313 e. The maximum Gasteiger partial charge on any atom is 0.313 e. The first-order valence-electron chi connectivity index (χ1n) is 9.48. The average molecular weight is 447 g/mol. The Labute approximate surface area is 178 Å². The van der Waals surface area contributed by atoms with Crippen LogP contribution in [0, 0.1) is 5.92 Å². The molecule has 4 rings (SSSR count). The number of aromatic hydroxyl groups is 1. The van der Waals surface area contributed by atoms with E-state index in [1.807, 2.05) is 6.92 Å². The SMILES string of the molecule is COc1ccc2c(CC(=O)O)nn([C@H]3CN(S(=O)(=O)c4cnc(O)nc4)C[C@H]3C)c2c1. The minimum Gasteiger partial charge on any atom is -0.497 e. The number of carbonyl (C=O) groups is 1. The van der Waals surface area contributed by atoms with Crippen molar-refractivity contribution in [1.82, 2.24) is 24.1 Å². The Kier molecular flexibility index (Phi) is 5.27. The fourth-order valence-electron chi connectivity index (χ4n) is 3.85. The molecule has 12 heteroatoms. The number of hydrogen-bond donors (Lipinski definition) is 2. The lowest BCUT2D eigenvalue weighted by Gasteiger charge is -2.17. The molecule has 0 spiro atoms. The topological polar surface area (TPSA) is 148 Å². The molecule has 11 nitrogen and oxygen atoms in total. The van der Waals surface area contributed by atoms with Crippen LogP contribution in [0.3, 0.4) is 0 Å². The molecule has 0 saturated carbocycles. The highest BCUT2D eigenvalue weighted by molar-refractivity contribution is 7.89. The van der Waals surface area contributed by atoms with Crippen LogP contribution >= 0.6 is 0 Å². The largest absolute Gasteiger partial charge is 0.497 e. The molecule has 31 heavy (non-hydrogen) atoms. The Hall–Kier alpha value is -3.25. The quantitative estimate of drug-likeness (QED) is 0.565. The average Bonchev–Trinajstić information content (AvgIpc) is 3.28. The van der Waals surface area contributed by atoms with Crippen molar-refractivity contribution in [2.45, 2.75) is 24.3 Å². The van der Waals surface area contributed by atoms with E-state index in [9.17, 15) is 23.4 Å². The molecule has 0 unspecified atom stereocenters. The summed E-state index contributed by atoms with van der Waals surface area (Å²) in [5.41, 5.74) is 1.09. The molecule has 0 amide bonds. The summed E-state index contributed by atoms with van der Waals surface area (Å²) in [6.45, 7) is 2.30. The molecule has 1 aliphatic heterocycles. The summed E-state index contributed by atoms with van der Waals surface area (Å²) in [5, 5.41) is 23.7. The van der Waals surface area contributed by atoms with E-state index in [2.05, 4.69) is 15.1 Å². The zero-order chi connectivity index (χ0) is 22.3. The van der Waals surface area contributed by atoms with E-state index in [1.165, 1.54) is 11.4 Å². The molecular formula is C19H21N5O6S. The fraction of sp³-hybridized carbons (Fsp3) is 0.368. The monoisotopic (exact) mass is 447 g/mol. The zero-order valence-electron chi connectivity index (χ0n) is 16.8. The Balaban J connectivity index is 1.73. The first kappa shape index (κ1) is 21.0. The molecule has 2 atom stereocenters. The van der Waals surface area contributed by atoms with Crippen LogP contribution in [-0.2, 0) is 21.2 Å². The van der Waals surface area contributed by atoms with Gasteiger partial charge in [-0.3, -0.25) is 9.48 Å². The van der Waals surface area contributed by atoms with Crippen molar-refractivity contribution in [2.75, 3.05) is 20.2 Å². The van der Waals surface area contributed by atoms with E-state index >= 15 is 0 Å². The van der Waals surface area contributed by atoms with Crippen LogP contribution in [0.15, 0.2) is 35.5 Å². The minimum absolute atomic E-state index is 0.0974. The van der Waals surface area contributed by atoms with Gasteiger partial charge in [-0.1, -0.05) is 6.92 Å². The normalized spacial score (nSPS) is 19.7. The summed E-state index contributed by atoms with van der Waals surface area (Å²) in [4.78, 5) is 18.3. The zero-order valence-corrected chi connectivity index (χ0v) is 17.7. The molecule has 3 heterocycles. The van der Waals surface area contributed by atoms with Gasteiger partial charge in [-0.2, -0.15) is 9.40 Å². The van der Waals surface area contributed by atoms with E-state index in [-0.39, 0.29) is 36.4 Å². The van der Waals surface area contributed by atoms with Crippen molar-refractivity contribution in [3.05, 3.63) is 36.3 Å². The van der Waals surface area contributed by atoms with Gasteiger partial charge in [0.15, 0.2) is 0 Å². The van der Waals surface area contributed by atoms with E-state index < -0.39 is 22.0 Å². The van der Waals surface area contributed by atoms with Crippen molar-refractivity contribution >= 4 is 26.9 Å². The predicted octanol–water partition coefficient (Wildman–Crippen LogP) is 1.05. The number of ether oxygens (including phenoxy) is 1. The first-order valence-corrected chi connectivity index (χ1v) is 10.9. The second kappa shape index (κ2) is 7.78. The summed E-state index contributed by atoms with van der Waals surface area (Å²) >= 11 is 0. The highest BCUT2D eigenvalue weighted by Crippen LogP contribution is 2.35. The molecule has 0 bridgehead atoms. The third kappa shape index (κ3) is 3.79. The second-order valence-electron chi connectivity index (χ2n) is 7.43. The predicted molar refractivity (Wildman–Crippen MR) is 108 cm³/mol. The lowest BCUT2D eigenvalue weighted by Crippen LogP contribution is -2.29. The van der Waals surface area contributed by atoms with Crippen LogP contribution in [-0.4, -0.2) is 68.9 Å². The van der Waals surface area contributed by atoms with Crippen LogP contribution in [0.4, 0.5) is 0 Å². The van der Waals surface area contributed by atoms with Gasteiger partial charge < -0.3 is 14.9 Å².